The molecule has 0 aliphatic carbocycles. The van der Waals surface area contributed by atoms with E-state index in [4.69, 9.17) is 5.73 Å². The number of carbonyl (C=O) groups is 1. The molecular formula is C12H17NO2S. The summed E-state index contributed by atoms with van der Waals surface area (Å²) < 4.78 is 0. The molecule has 0 aliphatic rings. The molecule has 88 valence electrons. The van der Waals surface area contributed by atoms with Crippen LogP contribution in [0.15, 0.2) is 30.2 Å². The monoisotopic (exact) mass is 239 g/mol. The van der Waals surface area contributed by atoms with Crippen LogP contribution in [0.5, 0.6) is 0 Å². The van der Waals surface area contributed by atoms with Crippen LogP contribution in [0.25, 0.3) is 0 Å². The second kappa shape index (κ2) is 5.27. The van der Waals surface area contributed by atoms with E-state index in [1.54, 1.807) is 13.0 Å². The van der Waals surface area contributed by atoms with Gasteiger partial charge in [-0.05, 0) is 24.8 Å². The predicted molar refractivity (Wildman–Crippen MR) is 66.3 cm³/mol. The van der Waals surface area contributed by atoms with Gasteiger partial charge in [0.25, 0.3) is 0 Å². The van der Waals surface area contributed by atoms with E-state index >= 15 is 0 Å². The van der Waals surface area contributed by atoms with E-state index in [0.29, 0.717) is 6.42 Å². The lowest BCUT2D eigenvalue weighted by molar-refractivity contribution is -0.128. The van der Waals surface area contributed by atoms with E-state index in [-0.39, 0.29) is 12.5 Å². The van der Waals surface area contributed by atoms with Crippen molar-refractivity contribution in [3.63, 3.8) is 0 Å². The first kappa shape index (κ1) is 12.9. The van der Waals surface area contributed by atoms with E-state index in [1.807, 2.05) is 17.5 Å². The number of hydrogen-bond acceptors (Lipinski definition) is 3. The van der Waals surface area contributed by atoms with Gasteiger partial charge in [-0.3, -0.25) is 4.79 Å². The molecule has 1 unspecified atom stereocenters. The van der Waals surface area contributed by atoms with Gasteiger partial charge in [-0.15, -0.1) is 17.9 Å². The highest BCUT2D eigenvalue weighted by Crippen LogP contribution is 2.40. The first-order chi connectivity index (χ1) is 7.56. The topological polar surface area (TPSA) is 63.3 Å². The normalized spacial score (nSPS) is 16.4. The van der Waals surface area contributed by atoms with Crippen molar-refractivity contribution in [1.29, 1.82) is 0 Å². The van der Waals surface area contributed by atoms with E-state index in [9.17, 15) is 9.90 Å². The molecule has 0 spiro atoms. The summed E-state index contributed by atoms with van der Waals surface area (Å²) in [6, 6.07) is 3.81. The Morgan fingerprint density at radius 1 is 1.81 bits per heavy atom. The van der Waals surface area contributed by atoms with Gasteiger partial charge in [0.05, 0.1) is 12.0 Å². The molecule has 3 N–H and O–H groups in total. The maximum atomic E-state index is 11.6. The average molecular weight is 239 g/mol. The molecule has 1 rings (SSSR count). The maximum Gasteiger partial charge on any atom is 0.224 e. The Labute approximate surface area is 99.6 Å². The van der Waals surface area contributed by atoms with Crippen LogP contribution in [0.3, 0.4) is 0 Å². The highest BCUT2D eigenvalue weighted by atomic mass is 32.1. The third-order valence-electron chi connectivity index (χ3n) is 2.97. The standard InChI is InChI=1S/C12H17NO2S/c1-3-6-12(2,11(13)15)9(8-14)10-5-4-7-16-10/h3-5,7,9,14H,1,6,8H2,2H3,(H2,13,15)/t9-,12?/m0/s1. The van der Waals surface area contributed by atoms with Gasteiger partial charge in [0.15, 0.2) is 0 Å². The van der Waals surface area contributed by atoms with Crippen LogP contribution >= 0.6 is 11.3 Å². The number of allylic oxidation sites excluding steroid dienone is 1. The van der Waals surface area contributed by atoms with Gasteiger partial charge in [0.2, 0.25) is 5.91 Å². The molecule has 0 radical (unpaired) electrons. The molecule has 0 saturated carbocycles. The summed E-state index contributed by atoms with van der Waals surface area (Å²) in [6.07, 6.45) is 2.13. The summed E-state index contributed by atoms with van der Waals surface area (Å²) in [4.78, 5) is 12.6. The highest BCUT2D eigenvalue weighted by Gasteiger charge is 2.39. The van der Waals surface area contributed by atoms with E-state index in [2.05, 4.69) is 6.58 Å². The number of aliphatic hydroxyl groups excluding tert-OH is 1. The van der Waals surface area contributed by atoms with Crippen molar-refractivity contribution in [3.8, 4) is 0 Å². The number of hydrogen-bond donors (Lipinski definition) is 2. The lowest BCUT2D eigenvalue weighted by Crippen LogP contribution is -2.40. The van der Waals surface area contributed by atoms with E-state index in [0.717, 1.165) is 4.88 Å². The lowest BCUT2D eigenvalue weighted by Gasteiger charge is -2.32. The number of primary amides is 1. The minimum atomic E-state index is -0.776. The zero-order valence-corrected chi connectivity index (χ0v) is 10.2. The molecule has 3 nitrogen and oxygen atoms in total. The third-order valence-corrected chi connectivity index (χ3v) is 3.96. The molecule has 0 fully saturated rings. The Hall–Kier alpha value is -1.13. The molecule has 1 heterocycles. The molecule has 4 heteroatoms. The molecular weight excluding hydrogens is 222 g/mol. The molecule has 16 heavy (non-hydrogen) atoms. The van der Waals surface area contributed by atoms with E-state index < -0.39 is 11.3 Å². The minimum Gasteiger partial charge on any atom is -0.396 e. The largest absolute Gasteiger partial charge is 0.396 e. The Morgan fingerprint density at radius 3 is 2.88 bits per heavy atom. The fraction of sp³-hybridized carbons (Fsp3) is 0.417. The number of carbonyl (C=O) groups excluding carboxylic acids is 1. The van der Waals surface area contributed by atoms with Crippen LogP contribution in [-0.4, -0.2) is 17.6 Å². The maximum absolute atomic E-state index is 11.6. The Morgan fingerprint density at radius 2 is 2.50 bits per heavy atom. The number of amides is 1. The van der Waals surface area contributed by atoms with Gasteiger partial charge in [-0.1, -0.05) is 12.1 Å². The summed E-state index contributed by atoms with van der Waals surface area (Å²) in [5.41, 5.74) is 4.67. The zero-order valence-electron chi connectivity index (χ0n) is 9.35. The molecule has 1 aromatic heterocycles. The predicted octanol–water partition coefficient (Wildman–Crippen LogP) is 1.89. The van der Waals surface area contributed by atoms with E-state index in [1.165, 1.54) is 11.3 Å². The second-order valence-corrected chi connectivity index (χ2v) is 5.00. The molecule has 1 amide bonds. The van der Waals surface area contributed by atoms with Crippen molar-refractivity contribution in [2.75, 3.05) is 6.61 Å². The van der Waals surface area contributed by atoms with Crippen molar-refractivity contribution in [1.82, 2.24) is 0 Å². The van der Waals surface area contributed by atoms with Gasteiger partial charge < -0.3 is 10.8 Å². The van der Waals surface area contributed by atoms with Gasteiger partial charge in [-0.25, -0.2) is 0 Å². The van der Waals surface area contributed by atoms with Gasteiger partial charge >= 0.3 is 0 Å². The summed E-state index contributed by atoms with van der Waals surface area (Å²) in [6.45, 7) is 5.33. The van der Waals surface area contributed by atoms with Gasteiger partial charge in [0, 0.05) is 10.8 Å². The van der Waals surface area contributed by atoms with Gasteiger partial charge in [-0.2, -0.15) is 0 Å². The van der Waals surface area contributed by atoms with Crippen molar-refractivity contribution < 1.29 is 9.90 Å². The number of thiophene rings is 1. The van der Waals surface area contributed by atoms with Crippen LogP contribution in [0, 0.1) is 5.41 Å². The fourth-order valence-electron chi connectivity index (χ4n) is 1.81. The van der Waals surface area contributed by atoms with Crippen molar-refractivity contribution in [2.24, 2.45) is 11.1 Å². The van der Waals surface area contributed by atoms with Crippen molar-refractivity contribution in [3.05, 3.63) is 35.0 Å². The molecule has 2 atom stereocenters. The SMILES string of the molecule is C=CCC(C)(C(N)=O)[C@@H](CO)c1cccs1. The Kier molecular flexibility index (Phi) is 4.26. The summed E-state index contributed by atoms with van der Waals surface area (Å²) in [7, 11) is 0. The Bertz CT molecular complexity index is 361. The van der Waals surface area contributed by atoms with Crippen LogP contribution in [0.4, 0.5) is 0 Å². The summed E-state index contributed by atoms with van der Waals surface area (Å²) in [5.74, 6) is -0.664. The molecule has 0 bridgehead atoms. The molecule has 0 aromatic carbocycles. The molecule has 0 saturated heterocycles. The average Bonchev–Trinajstić information content (AvgIpc) is 2.72. The van der Waals surface area contributed by atoms with Crippen LogP contribution in [0.1, 0.15) is 24.1 Å². The Balaban J connectivity index is 3.08. The fourth-order valence-corrected chi connectivity index (χ4v) is 2.78. The molecule has 1 aromatic rings. The van der Waals surface area contributed by atoms with Crippen LogP contribution in [-0.2, 0) is 4.79 Å². The first-order valence-electron chi connectivity index (χ1n) is 5.11. The first-order valence-corrected chi connectivity index (χ1v) is 5.99. The second-order valence-electron chi connectivity index (χ2n) is 4.03. The number of aliphatic hydroxyl groups is 1. The summed E-state index contributed by atoms with van der Waals surface area (Å²) in [5, 5.41) is 11.4. The lowest BCUT2D eigenvalue weighted by atomic mass is 9.73. The molecule has 0 aliphatic heterocycles. The number of nitrogens with two attached hydrogens (primary N) is 1. The highest BCUT2D eigenvalue weighted by molar-refractivity contribution is 7.10. The number of rotatable bonds is 6. The quantitative estimate of drug-likeness (QED) is 0.745. The third kappa shape index (κ3) is 2.33. The van der Waals surface area contributed by atoms with Gasteiger partial charge in [0.1, 0.15) is 0 Å². The van der Waals surface area contributed by atoms with Crippen molar-refractivity contribution in [2.45, 2.75) is 19.3 Å². The minimum absolute atomic E-state index is 0.0895. The smallest absolute Gasteiger partial charge is 0.224 e. The van der Waals surface area contributed by atoms with Crippen LogP contribution in [0.2, 0.25) is 0 Å². The van der Waals surface area contributed by atoms with Crippen molar-refractivity contribution >= 4 is 17.2 Å². The van der Waals surface area contributed by atoms with Crippen LogP contribution < -0.4 is 5.73 Å². The summed E-state index contributed by atoms with van der Waals surface area (Å²) >= 11 is 1.52. The zero-order chi connectivity index (χ0) is 12.2.